The highest BCUT2D eigenvalue weighted by Gasteiger charge is 2.44. The van der Waals surface area contributed by atoms with Crippen molar-refractivity contribution in [3.05, 3.63) is 64.7 Å². The van der Waals surface area contributed by atoms with Gasteiger partial charge in [-0.05, 0) is 74.6 Å². The molecule has 0 spiro atoms. The molecule has 1 unspecified atom stereocenters. The average molecular weight is 509 g/mol. The van der Waals surface area contributed by atoms with Crippen LogP contribution in [0.15, 0.2) is 48.0 Å². The number of ether oxygens (including phenoxy) is 2. The van der Waals surface area contributed by atoms with Crippen LogP contribution in [-0.2, 0) is 9.59 Å². The minimum absolute atomic E-state index is 0.000967. The first-order valence-corrected chi connectivity index (χ1v) is 13.3. The van der Waals surface area contributed by atoms with E-state index >= 15 is 0 Å². The second kappa shape index (κ2) is 12.8. The highest BCUT2D eigenvalue weighted by Crippen LogP contribution is 2.39. The van der Waals surface area contributed by atoms with Crippen LogP contribution in [0.25, 0.3) is 5.76 Å². The van der Waals surface area contributed by atoms with Crippen LogP contribution in [-0.4, -0.2) is 56.0 Å². The number of carbonyl (C=O) groups excluding carboxylic acids is 2. The molecule has 1 saturated heterocycles. The fourth-order valence-corrected chi connectivity index (χ4v) is 4.61. The molecular formula is C30H40N2O5. The Bertz CT molecular complexity index is 1120. The summed E-state index contributed by atoms with van der Waals surface area (Å²) in [5.74, 6) is 0.00181. The first-order chi connectivity index (χ1) is 17.7. The van der Waals surface area contributed by atoms with Gasteiger partial charge in [-0.1, -0.05) is 37.8 Å². The van der Waals surface area contributed by atoms with E-state index in [9.17, 15) is 14.7 Å². The van der Waals surface area contributed by atoms with E-state index in [1.54, 1.807) is 23.1 Å². The van der Waals surface area contributed by atoms with Gasteiger partial charge in [-0.15, -0.1) is 0 Å². The number of benzene rings is 2. The maximum absolute atomic E-state index is 13.8. The molecular weight excluding hydrogens is 468 g/mol. The summed E-state index contributed by atoms with van der Waals surface area (Å²) in [6.07, 6.45) is 0. The normalized spacial score (nSPS) is 17.2. The van der Waals surface area contributed by atoms with Gasteiger partial charge in [0.15, 0.2) is 0 Å². The number of likely N-dealkylation sites (N-methyl/N-ethyl adjacent to an activating group) is 1. The summed E-state index contributed by atoms with van der Waals surface area (Å²) in [6, 6.07) is 11.7. The molecule has 3 rings (SSSR count). The number of Topliss-reactive ketones (excluding diaryl/α,β-unsaturated/α-hetero) is 1. The SMILES string of the molecule is CCOc1ccc(C2C(=C([O-])c3ccc(OCC(C)C)c(C)c3)C(=O)C(=O)N2CC[NH+](CC)CC)cc1. The lowest BCUT2D eigenvalue weighted by Crippen LogP contribution is -3.12. The number of hydrogen-bond donors (Lipinski definition) is 1. The number of nitrogens with one attached hydrogen (secondary N) is 1. The zero-order valence-electron chi connectivity index (χ0n) is 22.9. The van der Waals surface area contributed by atoms with Crippen LogP contribution in [0, 0.1) is 12.8 Å². The number of likely N-dealkylation sites (tertiary alicyclic amines) is 1. The fraction of sp³-hybridized carbons (Fsp3) is 0.467. The topological polar surface area (TPSA) is 83.3 Å². The molecule has 0 bridgehead atoms. The van der Waals surface area contributed by atoms with E-state index in [4.69, 9.17) is 9.47 Å². The zero-order chi connectivity index (χ0) is 27.1. The van der Waals surface area contributed by atoms with Crippen molar-refractivity contribution < 1.29 is 29.1 Å². The summed E-state index contributed by atoms with van der Waals surface area (Å²) in [6.45, 7) is 16.1. The van der Waals surface area contributed by atoms with E-state index in [-0.39, 0.29) is 5.57 Å². The van der Waals surface area contributed by atoms with E-state index in [0.29, 0.717) is 54.8 Å². The van der Waals surface area contributed by atoms with Gasteiger partial charge in [-0.3, -0.25) is 9.59 Å². The standard InChI is InChI=1S/C30H40N2O5/c1-7-31(8-2)16-17-32-27(22-10-13-24(14-11-22)36-9-3)26(29(34)30(32)35)28(33)23-12-15-25(21(6)18-23)37-19-20(4)5/h10-15,18,20,27,33H,7-9,16-17,19H2,1-6H3. The maximum Gasteiger partial charge on any atom is 0.295 e. The van der Waals surface area contributed by atoms with Gasteiger partial charge in [0.25, 0.3) is 5.91 Å². The monoisotopic (exact) mass is 508 g/mol. The Hall–Kier alpha value is -3.32. The van der Waals surface area contributed by atoms with E-state index in [1.165, 1.54) is 4.90 Å². The van der Waals surface area contributed by atoms with Crippen LogP contribution >= 0.6 is 0 Å². The van der Waals surface area contributed by atoms with Crippen molar-refractivity contribution in [1.82, 2.24) is 4.90 Å². The molecule has 0 radical (unpaired) electrons. The first kappa shape index (κ1) is 28.3. The van der Waals surface area contributed by atoms with Crippen LogP contribution in [0.4, 0.5) is 0 Å². The Kier molecular flexibility index (Phi) is 9.75. The van der Waals surface area contributed by atoms with Gasteiger partial charge in [0.1, 0.15) is 11.5 Å². The van der Waals surface area contributed by atoms with Crippen LogP contribution in [0.5, 0.6) is 11.5 Å². The van der Waals surface area contributed by atoms with Crippen molar-refractivity contribution in [1.29, 1.82) is 0 Å². The summed E-state index contributed by atoms with van der Waals surface area (Å²) in [5, 5.41) is 13.8. The fourth-order valence-electron chi connectivity index (χ4n) is 4.61. The molecule has 1 fully saturated rings. The third-order valence-electron chi connectivity index (χ3n) is 6.75. The molecule has 2 aromatic rings. The molecule has 1 amide bonds. The van der Waals surface area contributed by atoms with E-state index < -0.39 is 23.5 Å². The molecule has 1 N–H and O–H groups in total. The minimum atomic E-state index is -0.740. The number of hydrogen-bond acceptors (Lipinski definition) is 5. The van der Waals surface area contributed by atoms with Crippen LogP contribution < -0.4 is 19.5 Å². The predicted octanol–water partition coefficient (Wildman–Crippen LogP) is 2.58. The number of nitrogens with zero attached hydrogens (tertiary/aromatic N) is 1. The molecule has 1 aliphatic heterocycles. The molecule has 200 valence electrons. The molecule has 2 aromatic carbocycles. The summed E-state index contributed by atoms with van der Waals surface area (Å²) in [4.78, 5) is 29.4. The summed E-state index contributed by atoms with van der Waals surface area (Å²) < 4.78 is 11.4. The van der Waals surface area contributed by atoms with Gasteiger partial charge in [0, 0.05) is 5.57 Å². The number of aryl methyl sites for hydroxylation is 1. The molecule has 37 heavy (non-hydrogen) atoms. The van der Waals surface area contributed by atoms with Crippen molar-refractivity contribution in [3.8, 4) is 11.5 Å². The Balaban J connectivity index is 2.05. The van der Waals surface area contributed by atoms with Gasteiger partial charge in [-0.2, -0.15) is 0 Å². The van der Waals surface area contributed by atoms with Crippen molar-refractivity contribution in [2.24, 2.45) is 5.92 Å². The van der Waals surface area contributed by atoms with Crippen molar-refractivity contribution in [2.75, 3.05) is 39.4 Å². The molecule has 0 aliphatic carbocycles. The van der Waals surface area contributed by atoms with Gasteiger partial charge < -0.3 is 24.4 Å². The maximum atomic E-state index is 13.8. The zero-order valence-corrected chi connectivity index (χ0v) is 22.9. The van der Waals surface area contributed by atoms with E-state index in [2.05, 4.69) is 27.7 Å². The molecule has 1 aliphatic rings. The van der Waals surface area contributed by atoms with E-state index in [1.807, 2.05) is 38.1 Å². The lowest BCUT2D eigenvalue weighted by Gasteiger charge is -2.28. The predicted molar refractivity (Wildman–Crippen MR) is 142 cm³/mol. The van der Waals surface area contributed by atoms with E-state index in [0.717, 1.165) is 18.7 Å². The highest BCUT2D eigenvalue weighted by atomic mass is 16.5. The molecule has 7 heteroatoms. The molecule has 0 saturated carbocycles. The minimum Gasteiger partial charge on any atom is -0.872 e. The Morgan fingerprint density at radius 3 is 2.27 bits per heavy atom. The Labute approximate surface area is 220 Å². The van der Waals surface area contributed by atoms with Gasteiger partial charge in [-0.25, -0.2) is 0 Å². The van der Waals surface area contributed by atoms with Crippen molar-refractivity contribution in [3.63, 3.8) is 0 Å². The second-order valence-corrected chi connectivity index (χ2v) is 9.87. The van der Waals surface area contributed by atoms with Gasteiger partial charge >= 0.3 is 0 Å². The number of amides is 1. The number of carbonyl (C=O) groups is 2. The van der Waals surface area contributed by atoms with Gasteiger partial charge in [0.2, 0.25) is 5.78 Å². The third kappa shape index (κ3) is 6.52. The summed E-state index contributed by atoms with van der Waals surface area (Å²) >= 11 is 0. The first-order valence-electron chi connectivity index (χ1n) is 13.3. The third-order valence-corrected chi connectivity index (χ3v) is 6.75. The van der Waals surface area contributed by atoms with Gasteiger partial charge in [0.05, 0.1) is 45.4 Å². The van der Waals surface area contributed by atoms with Crippen LogP contribution in [0.2, 0.25) is 0 Å². The van der Waals surface area contributed by atoms with Crippen molar-refractivity contribution >= 4 is 17.4 Å². The summed E-state index contributed by atoms with van der Waals surface area (Å²) in [5.41, 5.74) is 1.90. The molecule has 7 nitrogen and oxygen atoms in total. The second-order valence-electron chi connectivity index (χ2n) is 9.87. The Morgan fingerprint density at radius 1 is 1.03 bits per heavy atom. The molecule has 1 heterocycles. The molecule has 0 aromatic heterocycles. The quantitative estimate of drug-likeness (QED) is 0.271. The highest BCUT2D eigenvalue weighted by molar-refractivity contribution is 6.46. The summed E-state index contributed by atoms with van der Waals surface area (Å²) in [7, 11) is 0. The number of quaternary nitrogens is 1. The van der Waals surface area contributed by atoms with Crippen LogP contribution in [0.1, 0.15) is 57.4 Å². The molecule has 1 atom stereocenters. The lowest BCUT2D eigenvalue weighted by molar-refractivity contribution is -0.895. The Morgan fingerprint density at radius 2 is 1.70 bits per heavy atom. The lowest BCUT2D eigenvalue weighted by atomic mass is 9.94. The number of ketones is 1. The smallest absolute Gasteiger partial charge is 0.295 e. The van der Waals surface area contributed by atoms with Crippen molar-refractivity contribution in [2.45, 2.75) is 47.6 Å². The average Bonchev–Trinajstić information content (AvgIpc) is 3.13. The largest absolute Gasteiger partial charge is 0.872 e. The number of rotatable bonds is 12. The van der Waals surface area contributed by atoms with Crippen LogP contribution in [0.3, 0.4) is 0 Å².